The molecule has 0 saturated heterocycles. The Balaban J connectivity index is 2.57. The van der Waals surface area contributed by atoms with Gasteiger partial charge in [-0.15, -0.1) is 0 Å². The van der Waals surface area contributed by atoms with Gasteiger partial charge in [0.25, 0.3) is 5.56 Å². The minimum atomic E-state index is -0.941. The summed E-state index contributed by atoms with van der Waals surface area (Å²) in [5.74, 6) is 0. The number of benzene rings is 1. The van der Waals surface area contributed by atoms with Crippen molar-refractivity contribution in [3.8, 4) is 0 Å². The number of para-hydroxylation sites is 2. The molecule has 2 N–H and O–H groups in total. The van der Waals surface area contributed by atoms with Crippen molar-refractivity contribution in [3.05, 3.63) is 40.8 Å². The zero-order valence-electron chi connectivity index (χ0n) is 8.58. The highest BCUT2D eigenvalue weighted by molar-refractivity contribution is 5.74. The average Bonchev–Trinajstić information content (AvgIpc) is 2.32. The van der Waals surface area contributed by atoms with Crippen LogP contribution in [0.2, 0.25) is 0 Å². The fourth-order valence-corrected chi connectivity index (χ4v) is 1.57. The van der Waals surface area contributed by atoms with Gasteiger partial charge < -0.3 is 14.8 Å². The molecule has 1 aromatic heterocycles. The highest BCUT2D eigenvalue weighted by Gasteiger charge is 2.08. The summed E-state index contributed by atoms with van der Waals surface area (Å²) in [6.07, 6.45) is 0.274. The van der Waals surface area contributed by atoms with E-state index in [4.69, 9.17) is 5.11 Å². The Hall–Kier alpha value is -1.72. The summed E-state index contributed by atoms with van der Waals surface area (Å²) < 4.78 is 1.41. The molecule has 0 unspecified atom stereocenters. The van der Waals surface area contributed by atoms with Crippen molar-refractivity contribution in [2.75, 3.05) is 6.61 Å². The lowest BCUT2D eigenvalue weighted by atomic mass is 10.3. The largest absolute Gasteiger partial charge is 0.394 e. The molecule has 0 aliphatic rings. The number of aliphatic hydroxyl groups is 2. The quantitative estimate of drug-likeness (QED) is 0.748. The maximum Gasteiger partial charge on any atom is 0.269 e. The van der Waals surface area contributed by atoms with Crippen molar-refractivity contribution >= 4 is 11.0 Å². The van der Waals surface area contributed by atoms with Crippen molar-refractivity contribution in [2.24, 2.45) is 0 Å². The van der Waals surface area contributed by atoms with Gasteiger partial charge in [0, 0.05) is 0 Å². The standard InChI is InChI=1S/C11H12N2O3/c14-7-8(15)6-13-10-4-2-1-3-9(10)12-5-11(13)16/h1-5,8,14-15H,6-7H2/t8-/m1/s1. The van der Waals surface area contributed by atoms with Gasteiger partial charge in [0.15, 0.2) is 0 Å². The zero-order valence-corrected chi connectivity index (χ0v) is 8.58. The van der Waals surface area contributed by atoms with Crippen molar-refractivity contribution < 1.29 is 10.2 Å². The number of nitrogens with zero attached hydrogens (tertiary/aromatic N) is 2. The van der Waals surface area contributed by atoms with Crippen LogP contribution in [0.5, 0.6) is 0 Å². The molecule has 0 radical (unpaired) electrons. The van der Waals surface area contributed by atoms with Crippen LogP contribution in [0.4, 0.5) is 0 Å². The summed E-state index contributed by atoms with van der Waals surface area (Å²) in [4.78, 5) is 15.6. The molecule has 84 valence electrons. The third-order valence-corrected chi connectivity index (χ3v) is 2.36. The van der Waals surface area contributed by atoms with Crippen molar-refractivity contribution in [2.45, 2.75) is 12.6 Å². The van der Waals surface area contributed by atoms with E-state index in [-0.39, 0.29) is 18.7 Å². The van der Waals surface area contributed by atoms with E-state index < -0.39 is 6.10 Å². The van der Waals surface area contributed by atoms with E-state index >= 15 is 0 Å². The van der Waals surface area contributed by atoms with E-state index in [1.807, 2.05) is 6.07 Å². The predicted octanol–water partition coefficient (Wildman–Crippen LogP) is -0.250. The highest BCUT2D eigenvalue weighted by atomic mass is 16.3. The topological polar surface area (TPSA) is 75.4 Å². The van der Waals surface area contributed by atoms with Crippen LogP contribution in [0, 0.1) is 0 Å². The molecule has 1 aromatic carbocycles. The average molecular weight is 220 g/mol. The van der Waals surface area contributed by atoms with Gasteiger partial charge in [0.2, 0.25) is 0 Å². The first-order valence-corrected chi connectivity index (χ1v) is 4.96. The van der Waals surface area contributed by atoms with Gasteiger partial charge in [-0.25, -0.2) is 4.98 Å². The van der Waals surface area contributed by atoms with Crippen LogP contribution in [0.15, 0.2) is 35.3 Å². The van der Waals surface area contributed by atoms with Gasteiger partial charge in [0.05, 0.1) is 36.5 Å². The van der Waals surface area contributed by atoms with Crippen LogP contribution in [0.3, 0.4) is 0 Å². The van der Waals surface area contributed by atoms with E-state index in [1.54, 1.807) is 18.2 Å². The van der Waals surface area contributed by atoms with Crippen molar-refractivity contribution in [1.29, 1.82) is 0 Å². The first kappa shape index (κ1) is 10.8. The normalized spacial score (nSPS) is 12.9. The summed E-state index contributed by atoms with van der Waals surface area (Å²) in [5, 5.41) is 18.1. The van der Waals surface area contributed by atoms with Gasteiger partial charge in [-0.3, -0.25) is 4.79 Å². The molecule has 0 aliphatic carbocycles. The summed E-state index contributed by atoms with van der Waals surface area (Å²) >= 11 is 0. The number of hydrogen-bond donors (Lipinski definition) is 2. The maximum atomic E-state index is 11.6. The molecule has 0 fully saturated rings. The molecule has 2 aromatic rings. The van der Waals surface area contributed by atoms with Crippen molar-refractivity contribution in [3.63, 3.8) is 0 Å². The molecule has 1 heterocycles. The SMILES string of the molecule is O=c1cnc2ccccc2n1C[C@@H](O)CO. The van der Waals surface area contributed by atoms with Gasteiger partial charge in [-0.05, 0) is 12.1 Å². The minimum Gasteiger partial charge on any atom is -0.394 e. The van der Waals surface area contributed by atoms with Crippen LogP contribution < -0.4 is 5.56 Å². The Morgan fingerprint density at radius 2 is 2.12 bits per heavy atom. The molecule has 5 nitrogen and oxygen atoms in total. The Labute approximate surface area is 91.6 Å². The number of aromatic nitrogens is 2. The molecule has 2 rings (SSSR count). The second kappa shape index (κ2) is 4.42. The molecular weight excluding hydrogens is 208 g/mol. The van der Waals surface area contributed by atoms with Gasteiger partial charge in [-0.2, -0.15) is 0 Å². The zero-order chi connectivity index (χ0) is 11.5. The summed E-state index contributed by atoms with van der Waals surface area (Å²) in [6.45, 7) is -0.304. The molecule has 0 amide bonds. The lowest BCUT2D eigenvalue weighted by Gasteiger charge is -2.12. The lowest BCUT2D eigenvalue weighted by molar-refractivity contribution is 0.0814. The van der Waals surface area contributed by atoms with E-state index in [2.05, 4.69) is 4.98 Å². The molecule has 16 heavy (non-hydrogen) atoms. The predicted molar refractivity (Wildman–Crippen MR) is 59.1 cm³/mol. The molecule has 0 spiro atoms. The number of aliphatic hydroxyl groups excluding tert-OH is 2. The summed E-state index contributed by atoms with van der Waals surface area (Å²) in [5.41, 5.74) is 1.06. The van der Waals surface area contributed by atoms with E-state index in [0.29, 0.717) is 11.0 Å². The van der Waals surface area contributed by atoms with E-state index in [0.717, 1.165) is 0 Å². The minimum absolute atomic E-state index is 0.0678. The van der Waals surface area contributed by atoms with Crippen LogP contribution in [-0.2, 0) is 6.54 Å². The Morgan fingerprint density at radius 3 is 2.88 bits per heavy atom. The Morgan fingerprint density at radius 1 is 1.38 bits per heavy atom. The van der Waals surface area contributed by atoms with Crippen LogP contribution in [0.25, 0.3) is 11.0 Å². The fourth-order valence-electron chi connectivity index (χ4n) is 1.57. The van der Waals surface area contributed by atoms with E-state index in [1.165, 1.54) is 10.8 Å². The fraction of sp³-hybridized carbons (Fsp3) is 0.273. The van der Waals surface area contributed by atoms with Gasteiger partial charge in [-0.1, -0.05) is 12.1 Å². The monoisotopic (exact) mass is 220 g/mol. The molecule has 5 heteroatoms. The molecular formula is C11H12N2O3. The molecule has 0 aliphatic heterocycles. The van der Waals surface area contributed by atoms with Gasteiger partial charge >= 0.3 is 0 Å². The molecule has 0 saturated carbocycles. The summed E-state index contributed by atoms with van der Waals surface area (Å²) in [6, 6.07) is 7.17. The number of fused-ring (bicyclic) bond motifs is 1. The number of rotatable bonds is 3. The van der Waals surface area contributed by atoms with Crippen LogP contribution in [-0.4, -0.2) is 32.5 Å². The Kier molecular flexibility index (Phi) is 2.98. The van der Waals surface area contributed by atoms with Crippen LogP contribution in [0.1, 0.15) is 0 Å². The maximum absolute atomic E-state index is 11.6. The first-order chi connectivity index (χ1) is 7.72. The highest BCUT2D eigenvalue weighted by Crippen LogP contribution is 2.08. The van der Waals surface area contributed by atoms with E-state index in [9.17, 15) is 9.90 Å². The lowest BCUT2D eigenvalue weighted by Crippen LogP contribution is -2.28. The Bertz CT molecular complexity index is 550. The first-order valence-electron chi connectivity index (χ1n) is 4.96. The molecule has 0 bridgehead atoms. The smallest absolute Gasteiger partial charge is 0.269 e. The number of hydrogen-bond acceptors (Lipinski definition) is 4. The second-order valence-corrected chi connectivity index (χ2v) is 3.53. The van der Waals surface area contributed by atoms with Crippen molar-refractivity contribution in [1.82, 2.24) is 9.55 Å². The van der Waals surface area contributed by atoms with Gasteiger partial charge in [0.1, 0.15) is 0 Å². The second-order valence-electron chi connectivity index (χ2n) is 3.53. The molecule has 1 atom stereocenters. The van der Waals surface area contributed by atoms with Crippen LogP contribution >= 0.6 is 0 Å². The summed E-state index contributed by atoms with van der Waals surface area (Å²) in [7, 11) is 0. The third kappa shape index (κ3) is 1.95. The third-order valence-electron chi connectivity index (χ3n) is 2.36.